The summed E-state index contributed by atoms with van der Waals surface area (Å²) in [5.74, 6) is 0. The fourth-order valence-electron chi connectivity index (χ4n) is 4.23. The zero-order valence-corrected chi connectivity index (χ0v) is 16.1. The topological polar surface area (TPSA) is 26.7 Å². The Morgan fingerprint density at radius 1 is 0.760 bits per heavy atom. The smallest absolute Gasteiger partial charge is 0.0993 e. The molecule has 1 heterocycles. The molecule has 3 nitrogen and oxygen atoms in total. The lowest BCUT2D eigenvalue weighted by atomic mass is 10.0. The standard InChI is InChI=1S/C22H28N2O/c1-14-7-16(3)21(17(4)8-14)23-11-20(12-25)24(13-23)22-18(5)9-15(2)10-19(22)6/h7-11,25H,12-13H2,1-6H3. The molecule has 25 heavy (non-hydrogen) atoms. The van der Waals surface area contributed by atoms with Crippen molar-refractivity contribution < 1.29 is 5.11 Å². The van der Waals surface area contributed by atoms with Crippen LogP contribution in [0.1, 0.15) is 33.4 Å². The van der Waals surface area contributed by atoms with E-state index in [0.717, 1.165) is 12.4 Å². The van der Waals surface area contributed by atoms with Crippen molar-refractivity contribution in [3.05, 3.63) is 69.5 Å². The van der Waals surface area contributed by atoms with Gasteiger partial charge in [-0.2, -0.15) is 0 Å². The molecule has 2 aromatic carbocycles. The van der Waals surface area contributed by atoms with E-state index in [0.29, 0.717) is 0 Å². The molecule has 132 valence electrons. The van der Waals surface area contributed by atoms with Crippen LogP contribution < -0.4 is 9.80 Å². The summed E-state index contributed by atoms with van der Waals surface area (Å²) in [6, 6.07) is 8.87. The Morgan fingerprint density at radius 3 is 1.64 bits per heavy atom. The van der Waals surface area contributed by atoms with Crippen LogP contribution in [-0.2, 0) is 0 Å². The lowest BCUT2D eigenvalue weighted by Gasteiger charge is -2.28. The molecule has 0 radical (unpaired) electrons. The van der Waals surface area contributed by atoms with E-state index in [1.165, 1.54) is 44.8 Å². The molecule has 3 rings (SSSR count). The second-order valence-electron chi connectivity index (χ2n) is 7.31. The molecule has 0 unspecified atom stereocenters. The number of hydrogen-bond acceptors (Lipinski definition) is 3. The summed E-state index contributed by atoms with van der Waals surface area (Å²) in [5.41, 5.74) is 11.0. The third-order valence-corrected chi connectivity index (χ3v) is 4.94. The van der Waals surface area contributed by atoms with Gasteiger partial charge in [0.2, 0.25) is 0 Å². The fraction of sp³-hybridized carbons (Fsp3) is 0.364. The average Bonchev–Trinajstić information content (AvgIpc) is 2.88. The number of rotatable bonds is 3. The summed E-state index contributed by atoms with van der Waals surface area (Å²) < 4.78 is 0. The number of hydrogen-bond donors (Lipinski definition) is 1. The van der Waals surface area contributed by atoms with Gasteiger partial charge in [-0.15, -0.1) is 0 Å². The van der Waals surface area contributed by atoms with Gasteiger partial charge >= 0.3 is 0 Å². The van der Waals surface area contributed by atoms with Crippen LogP contribution in [0.5, 0.6) is 0 Å². The minimum absolute atomic E-state index is 0.0349. The van der Waals surface area contributed by atoms with Gasteiger partial charge in [-0.3, -0.25) is 0 Å². The van der Waals surface area contributed by atoms with Crippen LogP contribution in [0.25, 0.3) is 0 Å². The molecule has 0 atom stereocenters. The first-order chi connectivity index (χ1) is 11.8. The minimum atomic E-state index is 0.0349. The van der Waals surface area contributed by atoms with E-state index in [1.54, 1.807) is 0 Å². The van der Waals surface area contributed by atoms with Gasteiger partial charge in [0.25, 0.3) is 0 Å². The number of aryl methyl sites for hydroxylation is 6. The maximum Gasteiger partial charge on any atom is 0.0993 e. The number of benzene rings is 2. The Balaban J connectivity index is 2.04. The summed E-state index contributed by atoms with van der Waals surface area (Å²) in [6.45, 7) is 13.6. The van der Waals surface area contributed by atoms with Gasteiger partial charge in [0, 0.05) is 17.6 Å². The zero-order valence-electron chi connectivity index (χ0n) is 16.1. The van der Waals surface area contributed by atoms with Crippen LogP contribution >= 0.6 is 0 Å². The molecule has 0 aromatic heterocycles. The van der Waals surface area contributed by atoms with Crippen molar-refractivity contribution in [1.29, 1.82) is 0 Å². The highest BCUT2D eigenvalue weighted by molar-refractivity contribution is 5.70. The Morgan fingerprint density at radius 2 is 1.20 bits per heavy atom. The van der Waals surface area contributed by atoms with Crippen molar-refractivity contribution in [2.45, 2.75) is 41.5 Å². The number of anilines is 2. The van der Waals surface area contributed by atoms with Gasteiger partial charge in [0.15, 0.2) is 0 Å². The molecule has 0 amide bonds. The molecular weight excluding hydrogens is 308 g/mol. The van der Waals surface area contributed by atoms with Gasteiger partial charge < -0.3 is 14.9 Å². The van der Waals surface area contributed by atoms with Crippen LogP contribution in [0, 0.1) is 41.5 Å². The molecule has 0 spiro atoms. The monoisotopic (exact) mass is 336 g/mol. The van der Waals surface area contributed by atoms with Gasteiger partial charge in [0.05, 0.1) is 19.0 Å². The molecule has 1 aliphatic rings. The van der Waals surface area contributed by atoms with Crippen molar-refractivity contribution in [3.8, 4) is 0 Å². The lowest BCUT2D eigenvalue weighted by Crippen LogP contribution is -2.29. The number of aliphatic hydroxyl groups excluding tert-OH is 1. The highest BCUT2D eigenvalue weighted by Crippen LogP contribution is 2.36. The third-order valence-electron chi connectivity index (χ3n) is 4.94. The van der Waals surface area contributed by atoms with Crippen molar-refractivity contribution in [2.75, 3.05) is 23.1 Å². The molecule has 2 aromatic rings. The van der Waals surface area contributed by atoms with E-state index in [9.17, 15) is 5.11 Å². The molecule has 0 fully saturated rings. The number of aliphatic hydroxyl groups is 1. The first-order valence-electron chi connectivity index (χ1n) is 8.83. The average molecular weight is 336 g/mol. The highest BCUT2D eigenvalue weighted by Gasteiger charge is 2.26. The molecular formula is C22H28N2O. The Labute approximate surface area is 151 Å². The SMILES string of the molecule is Cc1cc(C)c(N2C=C(CO)N(c3c(C)cc(C)cc3C)C2)c(C)c1. The molecule has 0 bridgehead atoms. The van der Waals surface area contributed by atoms with Crippen molar-refractivity contribution in [2.24, 2.45) is 0 Å². The molecule has 1 N–H and O–H groups in total. The maximum absolute atomic E-state index is 9.94. The van der Waals surface area contributed by atoms with Crippen molar-refractivity contribution in [3.63, 3.8) is 0 Å². The van der Waals surface area contributed by atoms with Crippen molar-refractivity contribution >= 4 is 11.4 Å². The van der Waals surface area contributed by atoms with E-state index in [2.05, 4.69) is 81.8 Å². The minimum Gasteiger partial charge on any atom is -0.390 e. The molecule has 0 aliphatic carbocycles. The van der Waals surface area contributed by atoms with Crippen LogP contribution in [0.3, 0.4) is 0 Å². The first kappa shape index (κ1) is 17.6. The molecule has 0 saturated carbocycles. The quantitative estimate of drug-likeness (QED) is 0.883. The van der Waals surface area contributed by atoms with Crippen molar-refractivity contribution in [1.82, 2.24) is 0 Å². The highest BCUT2D eigenvalue weighted by atomic mass is 16.3. The second kappa shape index (κ2) is 6.57. The van der Waals surface area contributed by atoms with E-state index < -0.39 is 0 Å². The predicted molar refractivity (Wildman–Crippen MR) is 106 cm³/mol. The number of nitrogens with zero attached hydrogens (tertiary/aromatic N) is 2. The van der Waals surface area contributed by atoms with Gasteiger partial charge in [0.1, 0.15) is 0 Å². The van der Waals surface area contributed by atoms with Crippen LogP contribution in [0.4, 0.5) is 11.4 Å². The summed E-state index contributed by atoms with van der Waals surface area (Å²) in [5, 5.41) is 9.94. The predicted octanol–water partition coefficient (Wildman–Crippen LogP) is 4.65. The molecule has 3 heteroatoms. The van der Waals surface area contributed by atoms with Crippen LogP contribution in [0.2, 0.25) is 0 Å². The van der Waals surface area contributed by atoms with E-state index in [1.807, 2.05) is 0 Å². The third kappa shape index (κ3) is 3.16. The fourth-order valence-corrected chi connectivity index (χ4v) is 4.23. The lowest BCUT2D eigenvalue weighted by molar-refractivity contribution is 0.329. The van der Waals surface area contributed by atoms with Gasteiger partial charge in [-0.25, -0.2) is 0 Å². The summed E-state index contributed by atoms with van der Waals surface area (Å²) in [4.78, 5) is 4.50. The summed E-state index contributed by atoms with van der Waals surface area (Å²) in [6.07, 6.45) is 2.09. The normalized spacial score (nSPS) is 14.3. The largest absolute Gasteiger partial charge is 0.390 e. The summed E-state index contributed by atoms with van der Waals surface area (Å²) in [7, 11) is 0. The first-order valence-corrected chi connectivity index (χ1v) is 8.83. The molecule has 1 aliphatic heterocycles. The molecule has 0 saturated heterocycles. The Kier molecular flexibility index (Phi) is 4.61. The van der Waals surface area contributed by atoms with Gasteiger partial charge in [-0.05, 0) is 63.8 Å². The zero-order chi connectivity index (χ0) is 18.3. The van der Waals surface area contributed by atoms with E-state index in [4.69, 9.17) is 0 Å². The van der Waals surface area contributed by atoms with E-state index in [-0.39, 0.29) is 6.61 Å². The Hall–Kier alpha value is -2.26. The van der Waals surface area contributed by atoms with Crippen LogP contribution in [-0.4, -0.2) is 18.4 Å². The summed E-state index contributed by atoms with van der Waals surface area (Å²) >= 11 is 0. The second-order valence-corrected chi connectivity index (χ2v) is 7.31. The Bertz CT molecular complexity index is 805. The van der Waals surface area contributed by atoms with E-state index >= 15 is 0 Å². The maximum atomic E-state index is 9.94. The van der Waals surface area contributed by atoms with Gasteiger partial charge in [-0.1, -0.05) is 35.4 Å². The van der Waals surface area contributed by atoms with Crippen LogP contribution in [0.15, 0.2) is 36.2 Å².